The Morgan fingerprint density at radius 1 is 1.12 bits per heavy atom. The largest absolute Gasteiger partial charge is 0.383 e. The molecule has 0 N–H and O–H groups in total. The van der Waals surface area contributed by atoms with Gasteiger partial charge >= 0.3 is 0 Å². The van der Waals surface area contributed by atoms with Crippen LogP contribution in [0, 0.1) is 5.92 Å². The first kappa shape index (κ1) is 13.3. The topological polar surface area (TPSA) is 15.7 Å². The Hall–Kier alpha value is -0.120. The number of likely N-dealkylation sites (N-methyl/N-ethyl adjacent to an activating group) is 1. The fraction of sp³-hybridized carbons (Fsp3) is 1.00. The highest BCUT2D eigenvalue weighted by Gasteiger charge is 2.30. The highest BCUT2D eigenvalue weighted by Crippen LogP contribution is 2.28. The molecule has 0 amide bonds. The summed E-state index contributed by atoms with van der Waals surface area (Å²) in [5.74, 6) is 0.952. The monoisotopic (exact) mass is 240 g/mol. The van der Waals surface area contributed by atoms with Gasteiger partial charge in [0, 0.05) is 38.8 Å². The molecule has 1 atom stereocenters. The Labute approximate surface area is 106 Å². The van der Waals surface area contributed by atoms with E-state index >= 15 is 0 Å². The van der Waals surface area contributed by atoms with E-state index in [1.54, 1.807) is 0 Å². The van der Waals surface area contributed by atoms with Gasteiger partial charge < -0.3 is 4.74 Å². The number of hydrogen-bond donors (Lipinski definition) is 0. The molecule has 2 rings (SSSR count). The van der Waals surface area contributed by atoms with Crippen LogP contribution < -0.4 is 0 Å². The molecule has 17 heavy (non-hydrogen) atoms. The summed E-state index contributed by atoms with van der Waals surface area (Å²) in [6.45, 7) is 6.91. The zero-order chi connectivity index (χ0) is 12.3. The molecule has 1 aliphatic carbocycles. The molecule has 0 bridgehead atoms. The molecule has 0 aromatic rings. The lowest BCUT2D eigenvalue weighted by atomic mass is 9.86. The van der Waals surface area contributed by atoms with Crippen LogP contribution in [0.3, 0.4) is 0 Å². The van der Waals surface area contributed by atoms with Crippen LogP contribution in [0.15, 0.2) is 0 Å². The normalized spacial score (nSPS) is 37.2. The third kappa shape index (κ3) is 3.43. The molecule has 2 fully saturated rings. The number of ether oxygens (including phenoxy) is 1. The second kappa shape index (κ2) is 6.17. The van der Waals surface area contributed by atoms with Gasteiger partial charge in [0.05, 0.1) is 6.61 Å². The van der Waals surface area contributed by atoms with E-state index in [0.717, 1.165) is 18.6 Å². The van der Waals surface area contributed by atoms with Crippen molar-refractivity contribution in [3.8, 4) is 0 Å². The van der Waals surface area contributed by atoms with Crippen LogP contribution in [-0.2, 0) is 4.74 Å². The van der Waals surface area contributed by atoms with Gasteiger partial charge in [0.2, 0.25) is 0 Å². The van der Waals surface area contributed by atoms with E-state index in [4.69, 9.17) is 4.74 Å². The number of methoxy groups -OCH3 is 1. The van der Waals surface area contributed by atoms with Crippen LogP contribution >= 0.6 is 0 Å². The fourth-order valence-corrected chi connectivity index (χ4v) is 3.28. The predicted octanol–water partition coefficient (Wildman–Crippen LogP) is 1.83. The molecule has 3 nitrogen and oxygen atoms in total. The van der Waals surface area contributed by atoms with Crippen molar-refractivity contribution < 1.29 is 4.74 Å². The van der Waals surface area contributed by atoms with Crippen LogP contribution in [0.2, 0.25) is 0 Å². The lowest BCUT2D eigenvalue weighted by molar-refractivity contribution is 0.0120. The van der Waals surface area contributed by atoms with E-state index in [0.29, 0.717) is 6.04 Å². The van der Waals surface area contributed by atoms with Gasteiger partial charge in [-0.3, -0.25) is 9.80 Å². The molecule has 100 valence electrons. The Kier molecular flexibility index (Phi) is 4.83. The first-order chi connectivity index (χ1) is 8.20. The first-order valence-corrected chi connectivity index (χ1v) is 7.14. The smallest absolute Gasteiger partial charge is 0.0630 e. The zero-order valence-electron chi connectivity index (χ0n) is 11.7. The van der Waals surface area contributed by atoms with Gasteiger partial charge in [-0.1, -0.05) is 6.92 Å². The molecule has 1 unspecified atom stereocenters. The van der Waals surface area contributed by atoms with Crippen molar-refractivity contribution in [1.29, 1.82) is 0 Å². The van der Waals surface area contributed by atoms with Crippen molar-refractivity contribution in [2.45, 2.75) is 44.7 Å². The maximum absolute atomic E-state index is 5.34. The summed E-state index contributed by atoms with van der Waals surface area (Å²) in [5, 5.41) is 0. The van der Waals surface area contributed by atoms with Crippen molar-refractivity contribution in [3.63, 3.8) is 0 Å². The van der Waals surface area contributed by atoms with Crippen LogP contribution in [0.1, 0.15) is 32.6 Å². The van der Waals surface area contributed by atoms with E-state index in [1.165, 1.54) is 45.3 Å². The summed E-state index contributed by atoms with van der Waals surface area (Å²) in [6.07, 6.45) is 5.66. The minimum atomic E-state index is 0.591. The summed E-state index contributed by atoms with van der Waals surface area (Å²) in [7, 11) is 4.04. The Bertz CT molecular complexity index is 226. The molecule has 1 heterocycles. The van der Waals surface area contributed by atoms with Gasteiger partial charge in [-0.15, -0.1) is 0 Å². The molecule has 0 radical (unpaired) electrons. The summed E-state index contributed by atoms with van der Waals surface area (Å²) in [6, 6.07) is 1.44. The maximum atomic E-state index is 5.34. The molecule has 0 spiro atoms. The predicted molar refractivity (Wildman–Crippen MR) is 71.3 cm³/mol. The van der Waals surface area contributed by atoms with Crippen molar-refractivity contribution in [2.24, 2.45) is 5.92 Å². The molecule has 1 saturated carbocycles. The lowest BCUT2D eigenvalue weighted by Crippen LogP contribution is -2.56. The quantitative estimate of drug-likeness (QED) is 0.748. The van der Waals surface area contributed by atoms with E-state index in [2.05, 4.69) is 23.8 Å². The van der Waals surface area contributed by atoms with E-state index in [-0.39, 0.29) is 0 Å². The Morgan fingerprint density at radius 3 is 2.47 bits per heavy atom. The first-order valence-electron chi connectivity index (χ1n) is 7.14. The van der Waals surface area contributed by atoms with Crippen molar-refractivity contribution >= 4 is 0 Å². The minimum absolute atomic E-state index is 0.591. The molecule has 1 aliphatic heterocycles. The number of nitrogens with zero attached hydrogens (tertiary/aromatic N) is 2. The van der Waals surface area contributed by atoms with Crippen molar-refractivity contribution in [1.82, 2.24) is 9.80 Å². The summed E-state index contributed by atoms with van der Waals surface area (Å²) < 4.78 is 5.34. The van der Waals surface area contributed by atoms with Gasteiger partial charge in [0.25, 0.3) is 0 Å². The number of hydrogen-bond acceptors (Lipinski definition) is 3. The lowest BCUT2D eigenvalue weighted by Gasteiger charge is -2.44. The molecule has 3 heteroatoms. The standard InChI is InChI=1S/C14H28N2O/c1-12-4-6-13(7-5-12)16-9-8-15(2)14(10-16)11-17-3/h12-14H,4-11H2,1-3H3. The van der Waals surface area contributed by atoms with Gasteiger partial charge in [0.1, 0.15) is 0 Å². The van der Waals surface area contributed by atoms with E-state index in [9.17, 15) is 0 Å². The van der Waals surface area contributed by atoms with Gasteiger partial charge in [0.15, 0.2) is 0 Å². The maximum Gasteiger partial charge on any atom is 0.0630 e. The van der Waals surface area contributed by atoms with Crippen LogP contribution in [0.4, 0.5) is 0 Å². The average molecular weight is 240 g/mol. The summed E-state index contributed by atoms with van der Waals surface area (Å²) >= 11 is 0. The third-order valence-electron chi connectivity index (χ3n) is 4.67. The number of rotatable bonds is 3. The zero-order valence-corrected chi connectivity index (χ0v) is 11.7. The molecular weight excluding hydrogens is 212 g/mol. The van der Waals surface area contributed by atoms with Crippen LogP contribution in [0.5, 0.6) is 0 Å². The SMILES string of the molecule is COCC1CN(C2CCC(C)CC2)CCN1C. The van der Waals surface area contributed by atoms with E-state index < -0.39 is 0 Å². The summed E-state index contributed by atoms with van der Waals surface area (Å²) in [4.78, 5) is 5.17. The highest BCUT2D eigenvalue weighted by molar-refractivity contribution is 4.86. The molecule has 0 aromatic heterocycles. The fourth-order valence-electron chi connectivity index (χ4n) is 3.28. The second-order valence-electron chi connectivity index (χ2n) is 6.00. The van der Waals surface area contributed by atoms with Gasteiger partial charge in [-0.2, -0.15) is 0 Å². The third-order valence-corrected chi connectivity index (χ3v) is 4.67. The van der Waals surface area contributed by atoms with Crippen molar-refractivity contribution in [3.05, 3.63) is 0 Å². The minimum Gasteiger partial charge on any atom is -0.383 e. The highest BCUT2D eigenvalue weighted by atomic mass is 16.5. The Balaban J connectivity index is 1.85. The van der Waals surface area contributed by atoms with Gasteiger partial charge in [-0.25, -0.2) is 0 Å². The van der Waals surface area contributed by atoms with E-state index in [1.807, 2.05) is 7.11 Å². The van der Waals surface area contributed by atoms with Gasteiger partial charge in [-0.05, 0) is 38.6 Å². The van der Waals surface area contributed by atoms with Crippen LogP contribution in [0.25, 0.3) is 0 Å². The molecular formula is C14H28N2O. The van der Waals surface area contributed by atoms with Crippen LogP contribution in [-0.4, -0.2) is 62.3 Å². The molecule has 2 aliphatic rings. The Morgan fingerprint density at radius 2 is 1.82 bits per heavy atom. The second-order valence-corrected chi connectivity index (χ2v) is 6.00. The molecule has 1 saturated heterocycles. The summed E-state index contributed by atoms with van der Waals surface area (Å²) in [5.41, 5.74) is 0. The number of piperazine rings is 1. The molecule has 0 aromatic carbocycles. The van der Waals surface area contributed by atoms with Crippen molar-refractivity contribution in [2.75, 3.05) is 40.4 Å². The average Bonchev–Trinajstić information content (AvgIpc) is 2.33.